The van der Waals surface area contributed by atoms with E-state index in [4.69, 9.17) is 4.74 Å². The molecule has 0 aromatic heterocycles. The predicted molar refractivity (Wildman–Crippen MR) is 161 cm³/mol. The number of amides is 1. The van der Waals surface area contributed by atoms with Crippen molar-refractivity contribution in [3.8, 4) is 11.1 Å². The second kappa shape index (κ2) is 14.5. The van der Waals surface area contributed by atoms with Gasteiger partial charge in [0, 0.05) is 5.56 Å². The SMILES string of the molecule is CSCC[C@H](NC(=O)c1ccc(COC(c2ccccc2)C2CCNCC2)cc1-c1ccccc1C)C(C)=O. The highest BCUT2D eigenvalue weighted by Crippen LogP contribution is 2.34. The molecule has 206 valence electrons. The predicted octanol–water partition coefficient (Wildman–Crippen LogP) is 6.36. The first-order chi connectivity index (χ1) is 19.0. The number of hydrogen-bond acceptors (Lipinski definition) is 5. The lowest BCUT2D eigenvalue weighted by atomic mass is 9.88. The highest BCUT2D eigenvalue weighted by molar-refractivity contribution is 7.98. The van der Waals surface area contributed by atoms with Crippen molar-refractivity contribution in [3.05, 3.63) is 95.1 Å². The molecule has 0 spiro atoms. The summed E-state index contributed by atoms with van der Waals surface area (Å²) in [5.41, 5.74) is 5.75. The number of carbonyl (C=O) groups excluding carboxylic acids is 2. The molecule has 2 atom stereocenters. The van der Waals surface area contributed by atoms with Crippen LogP contribution in [0.5, 0.6) is 0 Å². The molecule has 39 heavy (non-hydrogen) atoms. The van der Waals surface area contributed by atoms with Gasteiger partial charge < -0.3 is 15.4 Å². The Labute approximate surface area is 237 Å². The highest BCUT2D eigenvalue weighted by Gasteiger charge is 2.26. The minimum absolute atomic E-state index is 0.0194. The van der Waals surface area contributed by atoms with Crippen molar-refractivity contribution in [3.63, 3.8) is 0 Å². The zero-order valence-corrected chi connectivity index (χ0v) is 24.1. The van der Waals surface area contributed by atoms with Crippen LogP contribution >= 0.6 is 11.8 Å². The topological polar surface area (TPSA) is 67.4 Å². The van der Waals surface area contributed by atoms with E-state index >= 15 is 0 Å². The van der Waals surface area contributed by atoms with E-state index in [1.54, 1.807) is 18.7 Å². The molecule has 1 amide bonds. The Kier molecular flexibility index (Phi) is 10.8. The standard InChI is InChI=1S/C33H40N2O3S/c1-23-9-7-8-12-28(23)30-21-25(13-14-29(30)33(37)35-31(24(2)36)17-20-39-3)22-38-32(26-10-5-4-6-11-26)27-15-18-34-19-16-27/h4-14,21,27,31-32,34H,15-20,22H2,1-3H3,(H,35,37)/t31-,32?/m0/s1. The van der Waals surface area contributed by atoms with Gasteiger partial charge in [0.15, 0.2) is 5.78 Å². The Hall–Kier alpha value is -2.93. The summed E-state index contributed by atoms with van der Waals surface area (Å²) >= 11 is 1.67. The first-order valence-electron chi connectivity index (χ1n) is 13.8. The highest BCUT2D eigenvalue weighted by atomic mass is 32.2. The van der Waals surface area contributed by atoms with E-state index < -0.39 is 6.04 Å². The maximum absolute atomic E-state index is 13.5. The maximum Gasteiger partial charge on any atom is 0.252 e. The zero-order chi connectivity index (χ0) is 27.6. The van der Waals surface area contributed by atoms with E-state index in [9.17, 15) is 9.59 Å². The van der Waals surface area contributed by atoms with Gasteiger partial charge in [0.05, 0.1) is 18.8 Å². The molecule has 1 heterocycles. The van der Waals surface area contributed by atoms with Crippen LogP contribution in [0.2, 0.25) is 0 Å². The largest absolute Gasteiger partial charge is 0.369 e. The van der Waals surface area contributed by atoms with Crippen LogP contribution in [-0.4, -0.2) is 42.8 Å². The fourth-order valence-electron chi connectivity index (χ4n) is 5.31. The first-order valence-corrected chi connectivity index (χ1v) is 15.2. The molecule has 1 aliphatic rings. The van der Waals surface area contributed by atoms with Gasteiger partial charge in [-0.25, -0.2) is 0 Å². The maximum atomic E-state index is 13.5. The third-order valence-electron chi connectivity index (χ3n) is 7.54. The molecule has 0 radical (unpaired) electrons. The Morgan fingerprint density at radius 2 is 1.72 bits per heavy atom. The fourth-order valence-corrected chi connectivity index (χ4v) is 5.78. The van der Waals surface area contributed by atoms with Crippen LogP contribution in [0.4, 0.5) is 0 Å². The normalized spacial score (nSPS) is 15.5. The average molecular weight is 545 g/mol. The van der Waals surface area contributed by atoms with Gasteiger partial charge in [0.1, 0.15) is 0 Å². The summed E-state index contributed by atoms with van der Waals surface area (Å²) in [6, 6.07) is 24.0. The van der Waals surface area contributed by atoms with Crippen LogP contribution in [0.3, 0.4) is 0 Å². The molecule has 5 nitrogen and oxygen atoms in total. The molecule has 2 N–H and O–H groups in total. The summed E-state index contributed by atoms with van der Waals surface area (Å²) in [6.07, 6.45) is 4.81. The molecule has 6 heteroatoms. The van der Waals surface area contributed by atoms with Crippen molar-refractivity contribution in [2.45, 2.75) is 51.9 Å². The number of Topliss-reactive ketones (excluding diaryl/α,β-unsaturated/α-hetero) is 1. The second-order valence-electron chi connectivity index (χ2n) is 10.3. The number of rotatable bonds is 12. The van der Waals surface area contributed by atoms with Crippen molar-refractivity contribution >= 4 is 23.5 Å². The second-order valence-corrected chi connectivity index (χ2v) is 11.3. The van der Waals surface area contributed by atoms with Gasteiger partial charge in [-0.3, -0.25) is 9.59 Å². The van der Waals surface area contributed by atoms with Gasteiger partial charge in [0.2, 0.25) is 0 Å². The Balaban J connectivity index is 1.61. The monoisotopic (exact) mass is 544 g/mol. The summed E-state index contributed by atoms with van der Waals surface area (Å²) in [5.74, 6) is 1.02. The zero-order valence-electron chi connectivity index (χ0n) is 23.2. The van der Waals surface area contributed by atoms with E-state index in [1.807, 2.05) is 42.7 Å². The van der Waals surface area contributed by atoms with Crippen LogP contribution in [0.15, 0.2) is 72.8 Å². The Morgan fingerprint density at radius 1 is 1.00 bits per heavy atom. The molecular formula is C33H40N2O3S. The minimum atomic E-state index is -0.491. The number of aryl methyl sites for hydroxylation is 1. The molecule has 0 bridgehead atoms. The van der Waals surface area contributed by atoms with Crippen LogP contribution in [0.1, 0.15) is 59.3 Å². The van der Waals surface area contributed by atoms with Crippen molar-refractivity contribution in [1.29, 1.82) is 0 Å². The van der Waals surface area contributed by atoms with Crippen molar-refractivity contribution in [2.75, 3.05) is 25.1 Å². The smallest absolute Gasteiger partial charge is 0.252 e. The van der Waals surface area contributed by atoms with E-state index in [0.29, 0.717) is 24.5 Å². The van der Waals surface area contributed by atoms with Gasteiger partial charge in [-0.2, -0.15) is 11.8 Å². The van der Waals surface area contributed by atoms with Gasteiger partial charge in [0.25, 0.3) is 5.91 Å². The summed E-state index contributed by atoms with van der Waals surface area (Å²) < 4.78 is 6.64. The lowest BCUT2D eigenvalue weighted by Gasteiger charge is -2.31. The number of thioether (sulfide) groups is 1. The summed E-state index contributed by atoms with van der Waals surface area (Å²) in [5, 5.41) is 6.45. The van der Waals surface area contributed by atoms with Crippen LogP contribution in [0, 0.1) is 12.8 Å². The van der Waals surface area contributed by atoms with Crippen molar-refractivity contribution in [2.24, 2.45) is 5.92 Å². The lowest BCUT2D eigenvalue weighted by Crippen LogP contribution is -2.40. The van der Waals surface area contributed by atoms with Crippen molar-refractivity contribution < 1.29 is 14.3 Å². The van der Waals surface area contributed by atoms with E-state index in [-0.39, 0.29) is 17.8 Å². The van der Waals surface area contributed by atoms with Crippen LogP contribution in [-0.2, 0) is 16.1 Å². The van der Waals surface area contributed by atoms with Crippen LogP contribution in [0.25, 0.3) is 11.1 Å². The number of benzene rings is 3. The number of ketones is 1. The summed E-state index contributed by atoms with van der Waals surface area (Å²) in [6.45, 7) is 6.07. The quantitative estimate of drug-likeness (QED) is 0.278. The molecule has 1 aliphatic heterocycles. The number of carbonyl (C=O) groups is 2. The third-order valence-corrected chi connectivity index (χ3v) is 8.18. The van der Waals surface area contributed by atoms with E-state index in [1.165, 1.54) is 5.56 Å². The Morgan fingerprint density at radius 3 is 2.41 bits per heavy atom. The minimum Gasteiger partial charge on any atom is -0.369 e. The molecule has 4 rings (SSSR count). The number of piperidine rings is 1. The molecular weight excluding hydrogens is 504 g/mol. The average Bonchev–Trinajstić information content (AvgIpc) is 2.96. The molecule has 0 aliphatic carbocycles. The van der Waals surface area contributed by atoms with Gasteiger partial charge in [-0.1, -0.05) is 60.7 Å². The van der Waals surface area contributed by atoms with Gasteiger partial charge >= 0.3 is 0 Å². The van der Waals surface area contributed by atoms with Gasteiger partial charge in [-0.15, -0.1) is 0 Å². The number of nitrogens with one attached hydrogen (secondary N) is 2. The Bertz CT molecular complexity index is 1240. The lowest BCUT2D eigenvalue weighted by molar-refractivity contribution is -0.118. The first kappa shape index (κ1) is 29.1. The molecule has 1 unspecified atom stereocenters. The molecule has 3 aromatic carbocycles. The fraction of sp³-hybridized carbons (Fsp3) is 0.394. The van der Waals surface area contributed by atoms with Gasteiger partial charge in [-0.05, 0) is 104 Å². The van der Waals surface area contributed by atoms with Crippen molar-refractivity contribution in [1.82, 2.24) is 10.6 Å². The number of ether oxygens (including phenoxy) is 1. The van der Waals surface area contributed by atoms with E-state index in [0.717, 1.165) is 53.9 Å². The van der Waals surface area contributed by atoms with Crippen LogP contribution < -0.4 is 10.6 Å². The number of hydrogen-bond donors (Lipinski definition) is 2. The third kappa shape index (κ3) is 7.81. The molecule has 1 fully saturated rings. The summed E-state index contributed by atoms with van der Waals surface area (Å²) in [7, 11) is 0. The summed E-state index contributed by atoms with van der Waals surface area (Å²) in [4.78, 5) is 25.7. The molecule has 3 aromatic rings. The van der Waals surface area contributed by atoms with E-state index in [2.05, 4.69) is 54.0 Å². The molecule has 0 saturated carbocycles. The molecule has 1 saturated heterocycles.